The van der Waals surface area contributed by atoms with Crippen LogP contribution in [0.4, 0.5) is 0 Å². The quantitative estimate of drug-likeness (QED) is 0.840. The molecule has 1 fully saturated rings. The third kappa shape index (κ3) is 2.10. The fourth-order valence-corrected chi connectivity index (χ4v) is 3.10. The van der Waals surface area contributed by atoms with E-state index in [9.17, 15) is 5.11 Å². The van der Waals surface area contributed by atoms with Crippen LogP contribution in [0.5, 0.6) is 0 Å². The first kappa shape index (κ1) is 11.1. The second-order valence-corrected chi connectivity index (χ2v) is 5.40. The molecular weight excluding hydrogens is 208 g/mol. The molecule has 0 amide bonds. The molecule has 2 nitrogen and oxygen atoms in total. The molecule has 1 aromatic rings. The molecule has 0 radical (unpaired) electrons. The maximum Gasteiger partial charge on any atom is 0.0953 e. The van der Waals surface area contributed by atoms with Gasteiger partial charge in [0.1, 0.15) is 0 Å². The second-order valence-electron chi connectivity index (χ2n) is 4.28. The van der Waals surface area contributed by atoms with E-state index < -0.39 is 5.60 Å². The predicted molar refractivity (Wildman–Crippen MR) is 62.2 cm³/mol. The van der Waals surface area contributed by atoms with Crippen molar-refractivity contribution in [3.63, 3.8) is 0 Å². The molecule has 0 bridgehead atoms. The number of hydrogen-bond donors (Lipinski definition) is 1. The zero-order chi connectivity index (χ0) is 10.9. The van der Waals surface area contributed by atoms with E-state index in [2.05, 4.69) is 25.3 Å². The van der Waals surface area contributed by atoms with Gasteiger partial charge in [0.15, 0.2) is 0 Å². The van der Waals surface area contributed by atoms with Crippen LogP contribution in [0.25, 0.3) is 0 Å². The molecule has 2 heterocycles. The molecule has 0 saturated carbocycles. The molecule has 2 rings (SSSR count). The summed E-state index contributed by atoms with van der Waals surface area (Å²) in [5, 5.41) is 12.7. The van der Waals surface area contributed by atoms with Gasteiger partial charge in [0.25, 0.3) is 0 Å². The summed E-state index contributed by atoms with van der Waals surface area (Å²) in [6.07, 6.45) is 2.65. The minimum atomic E-state index is -0.650. The topological polar surface area (TPSA) is 29.5 Å². The van der Waals surface area contributed by atoms with Crippen molar-refractivity contribution < 1.29 is 9.84 Å². The number of thiophene rings is 1. The van der Waals surface area contributed by atoms with Gasteiger partial charge in [0, 0.05) is 17.7 Å². The van der Waals surface area contributed by atoms with Crippen LogP contribution in [0.3, 0.4) is 0 Å². The van der Waals surface area contributed by atoms with Crippen molar-refractivity contribution in [3.05, 3.63) is 21.9 Å². The molecule has 84 valence electrons. The van der Waals surface area contributed by atoms with Gasteiger partial charge < -0.3 is 9.84 Å². The van der Waals surface area contributed by atoms with Crippen molar-refractivity contribution in [2.24, 2.45) is 0 Å². The maximum atomic E-state index is 10.6. The van der Waals surface area contributed by atoms with Crippen molar-refractivity contribution in [2.75, 3.05) is 6.61 Å². The summed E-state index contributed by atoms with van der Waals surface area (Å²) in [5.41, 5.74) is 0.456. The molecule has 1 saturated heterocycles. The number of ether oxygens (including phenoxy) is 1. The first-order valence-corrected chi connectivity index (χ1v) is 6.42. The largest absolute Gasteiger partial charge is 0.385 e. The van der Waals surface area contributed by atoms with Crippen LogP contribution in [-0.2, 0) is 10.3 Å². The van der Waals surface area contributed by atoms with Crippen LogP contribution in [0.15, 0.2) is 11.4 Å². The lowest BCUT2D eigenvalue weighted by Crippen LogP contribution is -2.38. The molecule has 3 heteroatoms. The average molecular weight is 226 g/mol. The summed E-state index contributed by atoms with van der Waals surface area (Å²) >= 11 is 1.70. The Kier molecular flexibility index (Phi) is 3.14. The summed E-state index contributed by atoms with van der Waals surface area (Å²) in [5.74, 6) is 0. The average Bonchev–Trinajstić information content (AvgIpc) is 2.65. The van der Waals surface area contributed by atoms with Gasteiger partial charge in [-0.1, -0.05) is 6.92 Å². The maximum absolute atomic E-state index is 10.6. The fraction of sp³-hybridized carbons (Fsp3) is 0.667. The smallest absolute Gasteiger partial charge is 0.0953 e. The third-order valence-corrected chi connectivity index (χ3v) is 4.10. The molecule has 1 aliphatic rings. The van der Waals surface area contributed by atoms with Crippen LogP contribution >= 0.6 is 11.3 Å². The lowest BCUT2D eigenvalue weighted by atomic mass is 9.83. The number of aryl methyl sites for hydroxylation is 1. The molecule has 15 heavy (non-hydrogen) atoms. The van der Waals surface area contributed by atoms with E-state index in [4.69, 9.17) is 4.74 Å². The number of hydrogen-bond acceptors (Lipinski definition) is 3. The van der Waals surface area contributed by atoms with Crippen LogP contribution in [0.2, 0.25) is 0 Å². The van der Waals surface area contributed by atoms with E-state index in [1.807, 2.05) is 0 Å². The molecule has 0 aliphatic carbocycles. The lowest BCUT2D eigenvalue weighted by Gasteiger charge is -2.37. The molecule has 1 aromatic heterocycles. The molecule has 1 aliphatic heterocycles. The Morgan fingerprint density at radius 2 is 2.47 bits per heavy atom. The highest BCUT2D eigenvalue weighted by atomic mass is 32.1. The van der Waals surface area contributed by atoms with E-state index in [0.29, 0.717) is 6.61 Å². The summed E-state index contributed by atoms with van der Waals surface area (Å²) in [6.45, 7) is 4.86. The highest BCUT2D eigenvalue weighted by molar-refractivity contribution is 7.10. The number of aliphatic hydroxyl groups is 1. The highest BCUT2D eigenvalue weighted by Crippen LogP contribution is 2.38. The summed E-state index contributed by atoms with van der Waals surface area (Å²) in [4.78, 5) is 1.23. The van der Waals surface area contributed by atoms with E-state index in [1.54, 1.807) is 11.3 Å². The first-order chi connectivity index (χ1) is 7.15. The van der Waals surface area contributed by atoms with Crippen molar-refractivity contribution in [1.29, 1.82) is 0 Å². The molecule has 0 spiro atoms. The third-order valence-electron chi connectivity index (χ3n) is 3.25. The second kappa shape index (κ2) is 4.24. The Morgan fingerprint density at radius 3 is 3.07 bits per heavy atom. The monoisotopic (exact) mass is 226 g/mol. The Hall–Kier alpha value is -0.380. The first-order valence-electron chi connectivity index (χ1n) is 5.54. The van der Waals surface area contributed by atoms with Crippen LogP contribution in [0.1, 0.15) is 36.6 Å². The fourth-order valence-electron chi connectivity index (χ4n) is 2.31. The van der Waals surface area contributed by atoms with Crippen molar-refractivity contribution in [2.45, 2.75) is 44.8 Å². The SMILES string of the molecule is CCC1CC(O)(c2ccsc2C)CCO1. The molecule has 2 unspecified atom stereocenters. The summed E-state index contributed by atoms with van der Waals surface area (Å²) in [6, 6.07) is 2.05. The van der Waals surface area contributed by atoms with Gasteiger partial charge in [0.2, 0.25) is 0 Å². The summed E-state index contributed by atoms with van der Waals surface area (Å²) < 4.78 is 5.60. The highest BCUT2D eigenvalue weighted by Gasteiger charge is 2.37. The normalized spacial score (nSPS) is 31.8. The molecule has 1 N–H and O–H groups in total. The number of rotatable bonds is 2. The van der Waals surface area contributed by atoms with Gasteiger partial charge in [-0.25, -0.2) is 0 Å². The van der Waals surface area contributed by atoms with E-state index >= 15 is 0 Å². The lowest BCUT2D eigenvalue weighted by molar-refractivity contribution is -0.108. The predicted octanol–water partition coefficient (Wildman–Crippen LogP) is 2.83. The zero-order valence-electron chi connectivity index (χ0n) is 9.32. The van der Waals surface area contributed by atoms with E-state index in [-0.39, 0.29) is 6.10 Å². The van der Waals surface area contributed by atoms with E-state index in [0.717, 1.165) is 24.8 Å². The van der Waals surface area contributed by atoms with Gasteiger partial charge in [-0.2, -0.15) is 0 Å². The minimum Gasteiger partial charge on any atom is -0.385 e. The Morgan fingerprint density at radius 1 is 1.67 bits per heavy atom. The van der Waals surface area contributed by atoms with Crippen LogP contribution in [-0.4, -0.2) is 17.8 Å². The van der Waals surface area contributed by atoms with Crippen LogP contribution in [0, 0.1) is 6.92 Å². The van der Waals surface area contributed by atoms with Crippen molar-refractivity contribution in [1.82, 2.24) is 0 Å². The minimum absolute atomic E-state index is 0.211. The zero-order valence-corrected chi connectivity index (χ0v) is 10.1. The van der Waals surface area contributed by atoms with Gasteiger partial charge in [-0.05, 0) is 30.4 Å². The Labute approximate surface area is 94.9 Å². The van der Waals surface area contributed by atoms with Gasteiger partial charge in [0.05, 0.1) is 18.3 Å². The van der Waals surface area contributed by atoms with Gasteiger partial charge in [-0.3, -0.25) is 0 Å². The molecule has 2 atom stereocenters. The standard InChI is InChI=1S/C12H18O2S/c1-3-10-8-12(13,5-6-14-10)11-4-7-15-9(11)2/h4,7,10,13H,3,5-6,8H2,1-2H3. The van der Waals surface area contributed by atoms with Crippen LogP contribution < -0.4 is 0 Å². The molecule has 0 aromatic carbocycles. The Balaban J connectivity index is 2.22. The van der Waals surface area contributed by atoms with E-state index in [1.165, 1.54) is 4.88 Å². The molecular formula is C12H18O2S. The summed E-state index contributed by atoms with van der Waals surface area (Å²) in [7, 11) is 0. The Bertz CT molecular complexity index is 334. The van der Waals surface area contributed by atoms with Gasteiger partial charge >= 0.3 is 0 Å². The van der Waals surface area contributed by atoms with Crippen molar-refractivity contribution in [3.8, 4) is 0 Å². The van der Waals surface area contributed by atoms with Gasteiger partial charge in [-0.15, -0.1) is 11.3 Å². The van der Waals surface area contributed by atoms with Crippen molar-refractivity contribution >= 4 is 11.3 Å².